The minimum atomic E-state index is -0.222. The van der Waals surface area contributed by atoms with Crippen molar-refractivity contribution in [1.29, 1.82) is 0 Å². The lowest BCUT2D eigenvalue weighted by Crippen LogP contribution is -2.11. The minimum Gasteiger partial charge on any atom is -0.508 e. The van der Waals surface area contributed by atoms with Crippen LogP contribution in [0.3, 0.4) is 0 Å². The lowest BCUT2D eigenvalue weighted by molar-refractivity contribution is -0.0980. The summed E-state index contributed by atoms with van der Waals surface area (Å²) in [6, 6.07) is 9.88. The van der Waals surface area contributed by atoms with E-state index < -0.39 is 0 Å². The Morgan fingerprint density at radius 1 is 1.10 bits per heavy atom. The van der Waals surface area contributed by atoms with E-state index in [1.54, 1.807) is 42.7 Å². The first kappa shape index (κ1) is 27.6. The molecule has 6 heteroatoms. The predicted molar refractivity (Wildman–Crippen MR) is 125 cm³/mol. The summed E-state index contributed by atoms with van der Waals surface area (Å²) in [5.41, 5.74) is 2.24. The molecule has 3 rings (SSSR count). The van der Waals surface area contributed by atoms with Crippen LogP contribution in [0.1, 0.15) is 62.2 Å². The van der Waals surface area contributed by atoms with Crippen molar-refractivity contribution in [3.05, 3.63) is 65.4 Å². The minimum absolute atomic E-state index is 0.0326. The van der Waals surface area contributed by atoms with Gasteiger partial charge in [0.15, 0.2) is 0 Å². The van der Waals surface area contributed by atoms with Crippen molar-refractivity contribution in [2.24, 2.45) is 10.9 Å². The number of ether oxygens (including phenoxy) is 1. The zero-order valence-electron chi connectivity index (χ0n) is 18.9. The summed E-state index contributed by atoms with van der Waals surface area (Å²) < 4.78 is 5.99. The molecule has 0 aliphatic heterocycles. The fourth-order valence-corrected chi connectivity index (χ4v) is 3.00. The van der Waals surface area contributed by atoms with Gasteiger partial charge in [-0.1, -0.05) is 26.8 Å². The van der Waals surface area contributed by atoms with Crippen LogP contribution < -0.4 is 4.74 Å². The van der Waals surface area contributed by atoms with E-state index in [0.717, 1.165) is 17.4 Å². The Kier molecular flexibility index (Phi) is 13.7. The summed E-state index contributed by atoms with van der Waals surface area (Å²) >= 11 is 0. The van der Waals surface area contributed by atoms with E-state index in [0.29, 0.717) is 17.7 Å². The third-order valence-electron chi connectivity index (χ3n) is 4.26. The van der Waals surface area contributed by atoms with Crippen LogP contribution in [-0.4, -0.2) is 29.5 Å². The summed E-state index contributed by atoms with van der Waals surface area (Å²) in [5, 5.41) is 19.6. The third-order valence-corrected chi connectivity index (χ3v) is 4.26. The number of aromatic hydroxyl groups is 2. The highest BCUT2D eigenvalue weighted by atomic mass is 16.5. The van der Waals surface area contributed by atoms with E-state index >= 15 is 0 Å². The standard InChI is InChI=1S/C17H16O4.C5H9N.C2H6.CH2O/c1-10-6-14-15(7-12(19)8-16(14)20)17(10)21-13-4-2-11(9-18)3-5-13;1-3-5-6-4-2;2*1-2/h2-5,7-10,17,19-20H,6H2,1H3;3-5H,1-2H3;1-2H3;1H2/b;5-3-,6-4?;;/t10-,17?;;;/m1.../s1. The molecule has 0 amide bonds. The quantitative estimate of drug-likeness (QED) is 0.484. The SMILES string of the molecule is C=O.CC.CC=N/C=C\C.C[C@@H]1Cc2c(O)cc(O)cc2C1Oc1ccc(C=O)cc1. The Bertz CT molecular complexity index is 834. The lowest BCUT2D eigenvalue weighted by atomic mass is 10.1. The molecule has 31 heavy (non-hydrogen) atoms. The molecule has 0 spiro atoms. The Hall–Kier alpha value is -3.41. The third kappa shape index (κ3) is 8.46. The van der Waals surface area contributed by atoms with Gasteiger partial charge in [-0.05, 0) is 50.6 Å². The second kappa shape index (κ2) is 15.4. The van der Waals surface area contributed by atoms with Crippen molar-refractivity contribution in [1.82, 2.24) is 0 Å². The molecule has 1 aliphatic rings. The fourth-order valence-electron chi connectivity index (χ4n) is 3.00. The van der Waals surface area contributed by atoms with E-state index in [9.17, 15) is 15.0 Å². The highest BCUT2D eigenvalue weighted by Gasteiger charge is 2.33. The number of carbonyl (C=O) groups is 2. The molecule has 2 aromatic rings. The van der Waals surface area contributed by atoms with Gasteiger partial charge >= 0.3 is 0 Å². The molecular formula is C25H33NO5. The maximum atomic E-state index is 10.7. The molecule has 0 saturated carbocycles. The van der Waals surface area contributed by atoms with Crippen molar-refractivity contribution >= 4 is 19.3 Å². The van der Waals surface area contributed by atoms with E-state index in [4.69, 9.17) is 9.53 Å². The average Bonchev–Trinajstić information content (AvgIpc) is 3.11. The first-order chi connectivity index (χ1) is 15.0. The van der Waals surface area contributed by atoms with Crippen LogP contribution in [0.5, 0.6) is 17.2 Å². The zero-order valence-corrected chi connectivity index (χ0v) is 18.9. The van der Waals surface area contributed by atoms with Gasteiger partial charge in [0, 0.05) is 41.1 Å². The molecule has 0 saturated heterocycles. The monoisotopic (exact) mass is 427 g/mol. The fraction of sp³-hybridized carbons (Fsp3) is 0.320. The van der Waals surface area contributed by atoms with Crippen LogP contribution in [0.15, 0.2) is 53.7 Å². The Balaban J connectivity index is 0.000000771. The van der Waals surface area contributed by atoms with Gasteiger partial charge in [-0.3, -0.25) is 9.79 Å². The Morgan fingerprint density at radius 3 is 2.19 bits per heavy atom. The molecule has 0 heterocycles. The number of aliphatic imine (C=N–C) groups is 1. The molecule has 0 aromatic heterocycles. The van der Waals surface area contributed by atoms with Crippen molar-refractivity contribution in [2.75, 3.05) is 0 Å². The number of aldehydes is 1. The summed E-state index contributed by atoms with van der Waals surface area (Å²) in [6.07, 6.45) is 6.66. The molecule has 0 fully saturated rings. The smallest absolute Gasteiger partial charge is 0.150 e. The number of allylic oxidation sites excluding steroid dienone is 1. The van der Waals surface area contributed by atoms with Crippen LogP contribution in [0.4, 0.5) is 0 Å². The number of carbonyl (C=O) groups excluding carboxylic acids is 2. The maximum absolute atomic E-state index is 10.7. The molecule has 0 radical (unpaired) electrons. The van der Waals surface area contributed by atoms with Crippen molar-refractivity contribution in [3.8, 4) is 17.2 Å². The summed E-state index contributed by atoms with van der Waals surface area (Å²) in [6.45, 7) is 11.9. The molecule has 2 aromatic carbocycles. The summed E-state index contributed by atoms with van der Waals surface area (Å²) in [5.74, 6) is 0.996. The average molecular weight is 428 g/mol. The second-order valence-electron chi connectivity index (χ2n) is 6.33. The molecule has 6 nitrogen and oxygen atoms in total. The zero-order chi connectivity index (χ0) is 23.8. The van der Waals surface area contributed by atoms with E-state index in [-0.39, 0.29) is 23.5 Å². The summed E-state index contributed by atoms with van der Waals surface area (Å²) in [4.78, 5) is 22.4. The lowest BCUT2D eigenvalue weighted by Gasteiger charge is -2.19. The molecule has 1 unspecified atom stereocenters. The van der Waals surface area contributed by atoms with Crippen LogP contribution >= 0.6 is 0 Å². The molecule has 168 valence electrons. The molecule has 2 N–H and O–H groups in total. The number of hydrogen-bond acceptors (Lipinski definition) is 6. The molecule has 0 bridgehead atoms. The topological polar surface area (TPSA) is 96.2 Å². The largest absolute Gasteiger partial charge is 0.508 e. The van der Waals surface area contributed by atoms with Crippen LogP contribution in [0, 0.1) is 5.92 Å². The highest BCUT2D eigenvalue weighted by Crippen LogP contribution is 2.44. The number of nitrogens with zero attached hydrogens (tertiary/aromatic N) is 1. The van der Waals surface area contributed by atoms with E-state index in [1.165, 1.54) is 6.07 Å². The number of fused-ring (bicyclic) bond motifs is 1. The second-order valence-corrected chi connectivity index (χ2v) is 6.33. The number of phenols is 2. The van der Waals surface area contributed by atoms with E-state index in [2.05, 4.69) is 4.99 Å². The highest BCUT2D eigenvalue weighted by molar-refractivity contribution is 5.74. The van der Waals surface area contributed by atoms with Gasteiger partial charge in [0.05, 0.1) is 0 Å². The molecule has 1 aliphatic carbocycles. The number of benzene rings is 2. The van der Waals surface area contributed by atoms with Gasteiger partial charge in [0.1, 0.15) is 36.4 Å². The maximum Gasteiger partial charge on any atom is 0.150 e. The first-order valence-corrected chi connectivity index (χ1v) is 10.1. The normalized spacial score (nSPS) is 16.2. The van der Waals surface area contributed by atoms with Crippen molar-refractivity contribution in [2.45, 2.75) is 47.1 Å². The van der Waals surface area contributed by atoms with Crippen LogP contribution in [0.2, 0.25) is 0 Å². The van der Waals surface area contributed by atoms with Gasteiger partial charge in [0.25, 0.3) is 0 Å². The summed E-state index contributed by atoms with van der Waals surface area (Å²) in [7, 11) is 0. The first-order valence-electron chi connectivity index (χ1n) is 10.1. The van der Waals surface area contributed by atoms with Gasteiger partial charge in [-0.25, -0.2) is 0 Å². The van der Waals surface area contributed by atoms with Crippen LogP contribution in [-0.2, 0) is 11.2 Å². The van der Waals surface area contributed by atoms with Crippen molar-refractivity contribution in [3.63, 3.8) is 0 Å². The molecule has 2 atom stereocenters. The van der Waals surface area contributed by atoms with E-state index in [1.807, 2.05) is 47.5 Å². The molecular weight excluding hydrogens is 394 g/mol. The Labute approximate surface area is 184 Å². The van der Waals surface area contributed by atoms with Gasteiger partial charge in [-0.2, -0.15) is 0 Å². The number of hydrogen-bond donors (Lipinski definition) is 2. The van der Waals surface area contributed by atoms with Gasteiger partial charge in [-0.15, -0.1) is 0 Å². The van der Waals surface area contributed by atoms with Crippen molar-refractivity contribution < 1.29 is 24.5 Å². The van der Waals surface area contributed by atoms with Gasteiger partial charge in [0.2, 0.25) is 0 Å². The predicted octanol–water partition coefficient (Wildman–Crippen LogP) is 5.67. The van der Waals surface area contributed by atoms with Crippen LogP contribution in [0.25, 0.3) is 0 Å². The van der Waals surface area contributed by atoms with Gasteiger partial charge < -0.3 is 19.7 Å². The number of phenolic OH excluding ortho intramolecular Hbond substituents is 2. The number of rotatable bonds is 4. The Morgan fingerprint density at radius 2 is 1.71 bits per heavy atom.